The average molecular weight is 861 g/mol. The van der Waals surface area contributed by atoms with Gasteiger partial charge in [0.25, 0.3) is 0 Å². The van der Waals surface area contributed by atoms with Crippen molar-refractivity contribution < 1.29 is 69.1 Å². The number of phenols is 3. The second-order valence-corrected chi connectivity index (χ2v) is 16.3. The van der Waals surface area contributed by atoms with E-state index in [0.717, 1.165) is 5.56 Å². The van der Waals surface area contributed by atoms with Crippen molar-refractivity contribution in [1.82, 2.24) is 5.32 Å². The van der Waals surface area contributed by atoms with E-state index in [1.165, 1.54) is 48.6 Å². The summed E-state index contributed by atoms with van der Waals surface area (Å²) in [4.78, 5) is 42.0. The first-order chi connectivity index (χ1) is 29.7. The van der Waals surface area contributed by atoms with E-state index in [4.69, 9.17) is 24.7 Å². The number of hydrogen-bond acceptors (Lipinski definition) is 15. The molecule has 0 aromatic heterocycles. The molecule has 6 rings (SSSR count). The number of nitrogens with one attached hydrogen (secondary N) is 1. The van der Waals surface area contributed by atoms with Gasteiger partial charge in [0.15, 0.2) is 40.2 Å². The summed E-state index contributed by atoms with van der Waals surface area (Å²) in [5.74, 6) is -6.20. The molecule has 3 aliphatic rings. The summed E-state index contributed by atoms with van der Waals surface area (Å²) in [5, 5.41) is 78.1. The van der Waals surface area contributed by atoms with Crippen LogP contribution in [0.5, 0.6) is 23.0 Å². The van der Waals surface area contributed by atoms with E-state index < -0.39 is 96.1 Å². The van der Waals surface area contributed by atoms with Crippen LogP contribution in [0.1, 0.15) is 47.9 Å². The maximum atomic E-state index is 15.0. The van der Waals surface area contributed by atoms with Gasteiger partial charge in [0, 0.05) is 38.0 Å². The number of likely N-dealkylation sites (N-methyl/N-ethyl adjacent to an activating group) is 1. The molecule has 16 heteroatoms. The Morgan fingerprint density at radius 2 is 1.73 bits per heavy atom. The smallest absolute Gasteiger partial charge is 0.336 e. The van der Waals surface area contributed by atoms with Gasteiger partial charge in [-0.15, -0.1) is 0 Å². The van der Waals surface area contributed by atoms with Crippen LogP contribution >= 0.6 is 0 Å². The summed E-state index contributed by atoms with van der Waals surface area (Å²) in [6.45, 7) is -1.52. The molecule has 0 radical (unpaired) electrons. The van der Waals surface area contributed by atoms with Crippen molar-refractivity contribution in [2.75, 3.05) is 46.6 Å². The molecule has 2 heterocycles. The Morgan fingerprint density at radius 3 is 2.40 bits per heavy atom. The van der Waals surface area contributed by atoms with Crippen LogP contribution < -0.4 is 15.8 Å². The Labute approximate surface area is 359 Å². The third-order valence-corrected chi connectivity index (χ3v) is 12.4. The van der Waals surface area contributed by atoms with E-state index in [2.05, 4.69) is 5.32 Å². The van der Waals surface area contributed by atoms with E-state index in [1.54, 1.807) is 13.1 Å². The highest BCUT2D eigenvalue weighted by Crippen LogP contribution is 2.58. The van der Waals surface area contributed by atoms with E-state index >= 15 is 0 Å². The molecule has 2 saturated heterocycles. The van der Waals surface area contributed by atoms with Crippen LogP contribution in [0.15, 0.2) is 72.8 Å². The highest BCUT2D eigenvalue weighted by Gasteiger charge is 2.73. The van der Waals surface area contributed by atoms with Crippen LogP contribution in [0.25, 0.3) is 12.2 Å². The number of ketones is 2. The van der Waals surface area contributed by atoms with Crippen LogP contribution in [0.3, 0.4) is 0 Å². The second-order valence-electron chi connectivity index (χ2n) is 16.3. The normalized spacial score (nSPS) is 28.4. The Balaban J connectivity index is 1.38. The lowest BCUT2D eigenvalue weighted by Gasteiger charge is -2.64. The number of nitrogens with two attached hydrogens (primary N) is 1. The number of aliphatic carboxylic acids is 1. The fourth-order valence-electron chi connectivity index (χ4n) is 9.45. The fourth-order valence-corrected chi connectivity index (χ4v) is 9.45. The topological polar surface area (TPSA) is 268 Å². The number of carboxylic acids is 1. The molecule has 62 heavy (non-hydrogen) atoms. The number of aryl methyl sites for hydroxylation is 1. The van der Waals surface area contributed by atoms with Gasteiger partial charge >= 0.3 is 5.97 Å². The van der Waals surface area contributed by atoms with Gasteiger partial charge in [0.05, 0.1) is 19.3 Å². The van der Waals surface area contributed by atoms with Gasteiger partial charge in [0.2, 0.25) is 0 Å². The minimum atomic E-state index is -2.27. The van der Waals surface area contributed by atoms with Crippen LogP contribution in [-0.2, 0) is 41.6 Å². The lowest BCUT2D eigenvalue weighted by Crippen LogP contribution is -2.80. The van der Waals surface area contributed by atoms with Gasteiger partial charge in [-0.1, -0.05) is 48.6 Å². The maximum Gasteiger partial charge on any atom is 0.336 e. The number of phenolic OH excluding ortho intramolecular Hbond substituents is 3. The van der Waals surface area contributed by atoms with Crippen molar-refractivity contribution in [2.45, 2.75) is 67.7 Å². The van der Waals surface area contributed by atoms with Crippen molar-refractivity contribution in [3.8, 4) is 23.0 Å². The average Bonchev–Trinajstić information content (AvgIpc) is 3.25. The third-order valence-electron chi connectivity index (χ3n) is 12.4. The van der Waals surface area contributed by atoms with E-state index in [1.807, 2.05) is 30.3 Å². The molecule has 2 aliphatic heterocycles. The van der Waals surface area contributed by atoms with Crippen molar-refractivity contribution in [3.63, 3.8) is 0 Å². The number of carbonyl (C=O) groups is 3. The van der Waals surface area contributed by atoms with E-state index in [0.29, 0.717) is 18.4 Å². The first-order valence-electron chi connectivity index (χ1n) is 20.7. The number of rotatable bonds is 19. The zero-order valence-corrected chi connectivity index (χ0v) is 34.5. The van der Waals surface area contributed by atoms with E-state index in [9.17, 15) is 50.1 Å². The van der Waals surface area contributed by atoms with Crippen molar-refractivity contribution in [3.05, 3.63) is 95.1 Å². The molecule has 3 aromatic rings. The summed E-state index contributed by atoms with van der Waals surface area (Å²) in [5.41, 5.74) is 1.53. The number of ether oxygens (including phenoxy) is 4. The minimum Gasteiger partial charge on any atom is -0.504 e. The summed E-state index contributed by atoms with van der Waals surface area (Å²) < 4.78 is 25.2. The molecule has 1 saturated carbocycles. The van der Waals surface area contributed by atoms with Crippen molar-refractivity contribution >= 4 is 29.7 Å². The van der Waals surface area contributed by atoms with Crippen molar-refractivity contribution in [1.29, 1.82) is 0 Å². The highest BCUT2D eigenvalue weighted by molar-refractivity contribution is 6.01. The summed E-state index contributed by atoms with van der Waals surface area (Å²) >= 11 is 0. The zero-order chi connectivity index (χ0) is 44.7. The highest BCUT2D eigenvalue weighted by atomic mass is 16.6. The number of benzene rings is 3. The van der Waals surface area contributed by atoms with Gasteiger partial charge in [-0.25, -0.2) is 4.79 Å². The number of fused-ring (bicyclic) bond motifs is 1. The number of aromatic hydroxyl groups is 3. The molecule has 1 aliphatic carbocycles. The Kier molecular flexibility index (Phi) is 14.9. The first kappa shape index (κ1) is 46.3. The number of aliphatic hydroxyl groups is 3. The summed E-state index contributed by atoms with van der Waals surface area (Å²) in [6, 6.07) is 16.6. The summed E-state index contributed by atoms with van der Waals surface area (Å²) in [6.07, 6.45) is 2.95. The predicted molar refractivity (Wildman–Crippen MR) is 225 cm³/mol. The van der Waals surface area contributed by atoms with Crippen molar-refractivity contribution in [2.24, 2.45) is 23.5 Å². The SMILES string of the molecule is CNC[C@]12O[C@]3(C(=O)/C=C/c4cc(O)c(O)cc4CO)C[C@@H](CCc4ccccc4)CO[C@@H]1[C@H](O)C[C@@](OCC(=O)/C=C/c1ccc(OCCN)c(O)c1)(C(=O)O)[C@H]2C[C@H]3CO. The molecule has 3 fully saturated rings. The lowest BCUT2D eigenvalue weighted by atomic mass is 9.55. The molecule has 3 aromatic carbocycles. The molecular formula is C46H56N2O14. The van der Waals surface area contributed by atoms with Gasteiger partial charge in [0.1, 0.15) is 30.5 Å². The van der Waals surface area contributed by atoms with Gasteiger partial charge in [-0.3, -0.25) is 9.59 Å². The van der Waals surface area contributed by atoms with E-state index in [-0.39, 0.29) is 67.7 Å². The Hall–Kier alpha value is -5.17. The predicted octanol–water partition coefficient (Wildman–Crippen LogP) is 2.48. The quantitative estimate of drug-likeness (QED) is 0.0619. The van der Waals surface area contributed by atoms with Gasteiger partial charge in [-0.05, 0) is 97.3 Å². The fraction of sp³-hybridized carbons (Fsp3) is 0.457. The molecule has 334 valence electrons. The maximum absolute atomic E-state index is 15.0. The molecule has 8 atom stereocenters. The molecule has 2 bridgehead atoms. The summed E-state index contributed by atoms with van der Waals surface area (Å²) in [7, 11) is 1.60. The number of hydrogen-bond donors (Lipinski definition) is 9. The Bertz CT molecular complexity index is 2130. The number of carbonyl (C=O) groups excluding carboxylic acids is 2. The molecule has 0 unspecified atom stereocenters. The minimum absolute atomic E-state index is 0.0306. The molecule has 0 spiro atoms. The van der Waals surface area contributed by atoms with Crippen LogP contribution in [0.2, 0.25) is 0 Å². The van der Waals surface area contributed by atoms with Crippen LogP contribution in [0, 0.1) is 17.8 Å². The monoisotopic (exact) mass is 860 g/mol. The standard InChI is InChI=1S/C46H56N2O14/c1-48-27-46-40-20-33(24-50)44(62-46,41(56)14-11-31-18-35(52)36(53)19-32(31)23-49)21-30(8-7-28-5-3-2-4-6-28)25-60-42(46)38(55)22-45(40,43(57)58)61-26-34(51)12-9-29-10-13-39(37(54)17-29)59-16-15-47/h2-6,9-14,17-19,30,33,38,40,42,48-50,52-55H,7-8,15-16,20-27,47H2,1H3,(H,57,58)/b12-9+,14-11+/t30-,33+,38-,40-,42-,44-,45+,46-/m1/s1. The molecule has 0 amide bonds. The van der Waals surface area contributed by atoms with Crippen LogP contribution in [0.4, 0.5) is 0 Å². The first-order valence-corrected chi connectivity index (χ1v) is 20.7. The second kappa shape index (κ2) is 19.9. The third kappa shape index (κ3) is 9.43. The Morgan fingerprint density at radius 1 is 0.968 bits per heavy atom. The largest absolute Gasteiger partial charge is 0.504 e. The number of aliphatic hydroxyl groups excluding tert-OH is 3. The van der Waals surface area contributed by atoms with Gasteiger partial charge in [-0.2, -0.15) is 0 Å². The molecular weight excluding hydrogens is 805 g/mol. The van der Waals surface area contributed by atoms with Crippen LogP contribution in [-0.4, -0.2) is 129 Å². The zero-order valence-electron chi connectivity index (χ0n) is 34.5. The number of carboxylic acid groups (broad SMARTS) is 1. The molecule has 16 nitrogen and oxygen atoms in total. The molecule has 10 N–H and O–H groups in total. The lowest BCUT2D eigenvalue weighted by molar-refractivity contribution is -0.345. The van der Waals surface area contributed by atoms with Gasteiger partial charge < -0.3 is 65.7 Å².